The van der Waals surface area contributed by atoms with Gasteiger partial charge in [0.25, 0.3) is 5.84 Å². The molecule has 2 aliphatic heterocycles. The van der Waals surface area contributed by atoms with Gasteiger partial charge in [0.15, 0.2) is 0 Å². The van der Waals surface area contributed by atoms with E-state index in [1.807, 2.05) is 0 Å². The van der Waals surface area contributed by atoms with E-state index in [0.717, 1.165) is 0 Å². The van der Waals surface area contributed by atoms with Gasteiger partial charge in [0.1, 0.15) is 18.9 Å². The van der Waals surface area contributed by atoms with Gasteiger partial charge in [-0.05, 0) is 31.8 Å². The number of unbranched alkanes of at least 4 members (excludes halogenated alkanes) is 4. The molecule has 2 rings (SSSR count). The standard InChI is InChI=1S/C25H47N4/c1-5-9-16-26-20-21-27(17-10-6-2)24(26)14-13-15-25-28(18-11-7-3)22-23-29(25)19-12-8-4/h13-15H,5-12,16-23H2,1-4H3/q+1. The largest absolute Gasteiger partial charge is 0.357 e. The number of hydrogen-bond donors (Lipinski definition) is 0. The average Bonchev–Trinajstić information content (AvgIpc) is 3.31. The lowest BCUT2D eigenvalue weighted by Gasteiger charge is -2.24. The van der Waals surface area contributed by atoms with Crippen LogP contribution in [0, 0.1) is 0 Å². The van der Waals surface area contributed by atoms with Gasteiger partial charge in [0.2, 0.25) is 0 Å². The highest BCUT2D eigenvalue weighted by molar-refractivity contribution is 5.89. The average molecular weight is 404 g/mol. The summed E-state index contributed by atoms with van der Waals surface area (Å²) >= 11 is 0. The molecule has 2 aliphatic rings. The van der Waals surface area contributed by atoms with Gasteiger partial charge < -0.3 is 9.80 Å². The van der Waals surface area contributed by atoms with Crippen LogP contribution in [0.15, 0.2) is 24.0 Å². The highest BCUT2D eigenvalue weighted by Gasteiger charge is 2.27. The molecule has 0 aromatic carbocycles. The second-order valence-electron chi connectivity index (χ2n) is 8.60. The van der Waals surface area contributed by atoms with Crippen LogP contribution >= 0.6 is 0 Å². The first kappa shape index (κ1) is 23.8. The van der Waals surface area contributed by atoms with Crippen molar-refractivity contribution in [2.45, 2.75) is 79.1 Å². The maximum Gasteiger partial charge on any atom is 0.272 e. The fourth-order valence-corrected chi connectivity index (χ4v) is 4.28. The highest BCUT2D eigenvalue weighted by Crippen LogP contribution is 2.20. The van der Waals surface area contributed by atoms with E-state index < -0.39 is 0 Å². The van der Waals surface area contributed by atoms with Crippen LogP contribution in [0.3, 0.4) is 0 Å². The van der Waals surface area contributed by atoms with Crippen molar-refractivity contribution >= 4 is 5.84 Å². The number of hydrogen-bond acceptors (Lipinski definition) is 3. The predicted octanol–water partition coefficient (Wildman–Crippen LogP) is 4.93. The molecule has 0 N–H and O–H groups in total. The monoisotopic (exact) mass is 403 g/mol. The van der Waals surface area contributed by atoms with Crippen LogP contribution in [0.25, 0.3) is 0 Å². The molecule has 0 atom stereocenters. The molecule has 2 heterocycles. The molecule has 29 heavy (non-hydrogen) atoms. The van der Waals surface area contributed by atoms with E-state index in [9.17, 15) is 0 Å². The third kappa shape index (κ3) is 7.38. The van der Waals surface area contributed by atoms with Crippen molar-refractivity contribution in [3.8, 4) is 0 Å². The van der Waals surface area contributed by atoms with Crippen LogP contribution in [0.4, 0.5) is 0 Å². The SMILES string of the molecule is CCCCN1CCN(CCCC)C1=C/C=C/C1=[N+](CCCC)CCN1CCCC. The number of nitrogens with zero attached hydrogens (tertiary/aromatic N) is 4. The van der Waals surface area contributed by atoms with E-state index in [0.29, 0.717) is 0 Å². The van der Waals surface area contributed by atoms with Gasteiger partial charge in [0.05, 0.1) is 13.1 Å². The summed E-state index contributed by atoms with van der Waals surface area (Å²) in [7, 11) is 0. The molecular formula is C25H47N4+. The number of amidine groups is 1. The Balaban J connectivity index is 2.14. The summed E-state index contributed by atoms with van der Waals surface area (Å²) in [6.45, 7) is 18.7. The minimum atomic E-state index is 1.19. The van der Waals surface area contributed by atoms with E-state index >= 15 is 0 Å². The second-order valence-corrected chi connectivity index (χ2v) is 8.60. The third-order valence-electron chi connectivity index (χ3n) is 6.19. The molecule has 0 aliphatic carbocycles. The van der Waals surface area contributed by atoms with Crippen molar-refractivity contribution in [2.75, 3.05) is 52.4 Å². The first-order valence-corrected chi connectivity index (χ1v) is 12.5. The fraction of sp³-hybridized carbons (Fsp3) is 0.800. The summed E-state index contributed by atoms with van der Waals surface area (Å²) in [6, 6.07) is 0. The molecule has 0 bridgehead atoms. The van der Waals surface area contributed by atoms with Gasteiger partial charge in [-0.2, -0.15) is 0 Å². The van der Waals surface area contributed by atoms with Crippen LogP contribution in [0.2, 0.25) is 0 Å². The maximum atomic E-state index is 2.60. The Hall–Kier alpha value is -1.45. The molecule has 0 spiro atoms. The van der Waals surface area contributed by atoms with E-state index in [1.165, 1.54) is 115 Å². The number of rotatable bonds is 14. The molecule has 4 nitrogen and oxygen atoms in total. The topological polar surface area (TPSA) is 12.7 Å². The van der Waals surface area contributed by atoms with Gasteiger partial charge in [0, 0.05) is 32.3 Å². The molecular weight excluding hydrogens is 356 g/mol. The van der Waals surface area contributed by atoms with Crippen LogP contribution < -0.4 is 0 Å². The lowest BCUT2D eigenvalue weighted by molar-refractivity contribution is -0.517. The Bertz CT molecular complexity index is 531. The Labute approximate surface area is 180 Å². The third-order valence-corrected chi connectivity index (χ3v) is 6.19. The molecule has 1 fully saturated rings. The van der Waals surface area contributed by atoms with Gasteiger partial charge in [-0.25, -0.2) is 0 Å². The Morgan fingerprint density at radius 3 is 1.83 bits per heavy atom. The minimum absolute atomic E-state index is 1.19. The Kier molecular flexibility index (Phi) is 11.3. The minimum Gasteiger partial charge on any atom is -0.357 e. The summed E-state index contributed by atoms with van der Waals surface area (Å²) < 4.78 is 2.60. The smallest absolute Gasteiger partial charge is 0.272 e. The lowest BCUT2D eigenvalue weighted by atomic mass is 10.3. The summed E-state index contributed by atoms with van der Waals surface area (Å²) in [5, 5.41) is 0. The Morgan fingerprint density at radius 1 is 0.724 bits per heavy atom. The van der Waals surface area contributed by atoms with Gasteiger partial charge in [-0.3, -0.25) is 9.48 Å². The molecule has 0 aromatic heterocycles. The summed E-state index contributed by atoms with van der Waals surface area (Å²) in [4.78, 5) is 7.81. The molecule has 0 aromatic rings. The van der Waals surface area contributed by atoms with Crippen LogP contribution in [0.1, 0.15) is 79.1 Å². The Morgan fingerprint density at radius 2 is 1.28 bits per heavy atom. The zero-order chi connectivity index (χ0) is 20.9. The predicted molar refractivity (Wildman–Crippen MR) is 127 cm³/mol. The normalized spacial score (nSPS) is 17.5. The summed E-state index contributed by atoms with van der Waals surface area (Å²) in [6.07, 6.45) is 17.3. The van der Waals surface area contributed by atoms with E-state index in [4.69, 9.17) is 0 Å². The quantitative estimate of drug-likeness (QED) is 0.382. The first-order valence-electron chi connectivity index (χ1n) is 12.5. The van der Waals surface area contributed by atoms with Crippen molar-refractivity contribution in [1.82, 2.24) is 14.7 Å². The molecule has 0 unspecified atom stereocenters. The van der Waals surface area contributed by atoms with Gasteiger partial charge >= 0.3 is 0 Å². The zero-order valence-corrected chi connectivity index (χ0v) is 19.8. The van der Waals surface area contributed by atoms with Crippen molar-refractivity contribution in [3.63, 3.8) is 0 Å². The fourth-order valence-electron chi connectivity index (χ4n) is 4.28. The van der Waals surface area contributed by atoms with Crippen molar-refractivity contribution < 1.29 is 4.58 Å². The molecule has 4 heteroatoms. The second kappa shape index (κ2) is 13.7. The van der Waals surface area contributed by atoms with Crippen molar-refractivity contribution in [2.24, 2.45) is 0 Å². The molecule has 166 valence electrons. The van der Waals surface area contributed by atoms with Gasteiger partial charge in [-0.15, -0.1) is 0 Å². The summed E-state index contributed by atoms with van der Waals surface area (Å²) in [5.41, 5.74) is 0. The lowest BCUT2D eigenvalue weighted by Crippen LogP contribution is -2.29. The molecule has 1 saturated heterocycles. The van der Waals surface area contributed by atoms with Crippen molar-refractivity contribution in [3.05, 3.63) is 24.0 Å². The first-order chi connectivity index (χ1) is 14.2. The maximum absolute atomic E-state index is 2.60. The van der Waals surface area contributed by atoms with E-state index in [2.05, 4.69) is 65.2 Å². The van der Waals surface area contributed by atoms with E-state index in [-0.39, 0.29) is 0 Å². The molecule has 0 radical (unpaired) electrons. The van der Waals surface area contributed by atoms with Crippen LogP contribution in [-0.2, 0) is 0 Å². The highest BCUT2D eigenvalue weighted by atomic mass is 15.4. The van der Waals surface area contributed by atoms with Gasteiger partial charge in [-0.1, -0.05) is 59.5 Å². The van der Waals surface area contributed by atoms with Crippen LogP contribution in [-0.4, -0.2) is 77.5 Å². The summed E-state index contributed by atoms with van der Waals surface area (Å²) in [5.74, 6) is 2.89. The van der Waals surface area contributed by atoms with Crippen LogP contribution in [0.5, 0.6) is 0 Å². The van der Waals surface area contributed by atoms with Crippen molar-refractivity contribution in [1.29, 1.82) is 0 Å². The molecule has 0 saturated carbocycles. The molecule has 0 amide bonds. The number of allylic oxidation sites excluding steroid dienone is 2. The zero-order valence-electron chi connectivity index (χ0n) is 19.8. The van der Waals surface area contributed by atoms with E-state index in [1.54, 1.807) is 0 Å².